The predicted molar refractivity (Wildman–Crippen MR) is 270 cm³/mol. The second kappa shape index (κ2) is 14.6. The largest absolute Gasteiger partial charge is 0.310 e. The molecule has 0 N–H and O–H groups in total. The van der Waals surface area contributed by atoms with Crippen molar-refractivity contribution < 1.29 is 0 Å². The highest BCUT2D eigenvalue weighted by Gasteiger charge is 2.52. The van der Waals surface area contributed by atoms with Gasteiger partial charge >= 0.3 is 0 Å². The Labute approximate surface area is 377 Å². The highest BCUT2D eigenvalue weighted by atomic mass is 32.1. The van der Waals surface area contributed by atoms with E-state index in [9.17, 15) is 0 Å². The molecule has 0 unspecified atom stereocenters. The van der Waals surface area contributed by atoms with Crippen LogP contribution in [0.5, 0.6) is 0 Å². The summed E-state index contributed by atoms with van der Waals surface area (Å²) >= 11 is 1.88. The third-order valence-electron chi connectivity index (χ3n) is 13.5. The molecule has 0 fully saturated rings. The number of nitrogens with zero attached hydrogens (tertiary/aromatic N) is 2. The van der Waals surface area contributed by atoms with Gasteiger partial charge in [0.2, 0.25) is 0 Å². The third-order valence-corrected chi connectivity index (χ3v) is 14.7. The third kappa shape index (κ3) is 5.25. The molecule has 0 amide bonds. The molecule has 0 radical (unpaired) electrons. The van der Waals surface area contributed by atoms with Crippen molar-refractivity contribution >= 4 is 65.6 Å². The first kappa shape index (κ1) is 36.7. The van der Waals surface area contributed by atoms with Crippen LogP contribution in [-0.4, -0.2) is 0 Å². The van der Waals surface area contributed by atoms with E-state index < -0.39 is 5.41 Å². The smallest absolute Gasteiger partial charge is 0.0755 e. The van der Waals surface area contributed by atoms with Crippen molar-refractivity contribution in [3.8, 4) is 33.4 Å². The second-order valence-electron chi connectivity index (χ2n) is 16.7. The summed E-state index contributed by atoms with van der Waals surface area (Å²) in [7, 11) is 0. The van der Waals surface area contributed by atoms with Gasteiger partial charge in [-0.3, -0.25) is 0 Å². The van der Waals surface area contributed by atoms with Gasteiger partial charge < -0.3 is 9.80 Å². The fourth-order valence-corrected chi connectivity index (χ4v) is 12.2. The monoisotopic (exact) mass is 832 g/mol. The van der Waals surface area contributed by atoms with Crippen LogP contribution < -0.4 is 9.80 Å². The molecule has 64 heavy (non-hydrogen) atoms. The van der Waals surface area contributed by atoms with E-state index in [0.717, 1.165) is 22.7 Å². The summed E-state index contributed by atoms with van der Waals surface area (Å²) in [5.41, 5.74) is 18.8. The van der Waals surface area contributed by atoms with Gasteiger partial charge in [-0.25, -0.2) is 0 Å². The van der Waals surface area contributed by atoms with Crippen molar-refractivity contribution in [3.63, 3.8) is 0 Å². The number of para-hydroxylation sites is 4. The molecule has 1 spiro atoms. The molecule has 13 rings (SSSR count). The Bertz CT molecular complexity index is 3540. The molecule has 1 aliphatic heterocycles. The summed E-state index contributed by atoms with van der Waals surface area (Å²) in [4.78, 5) is 5.04. The summed E-state index contributed by atoms with van der Waals surface area (Å²) in [6.07, 6.45) is 0. The van der Waals surface area contributed by atoms with Gasteiger partial charge in [0.25, 0.3) is 0 Å². The van der Waals surface area contributed by atoms with E-state index in [0.29, 0.717) is 0 Å². The first-order valence-corrected chi connectivity index (χ1v) is 22.8. The van der Waals surface area contributed by atoms with Crippen LogP contribution in [0.1, 0.15) is 22.3 Å². The van der Waals surface area contributed by atoms with Crippen LogP contribution in [0.25, 0.3) is 53.6 Å². The van der Waals surface area contributed by atoms with Crippen molar-refractivity contribution in [1.82, 2.24) is 0 Å². The average molecular weight is 833 g/mol. The van der Waals surface area contributed by atoms with E-state index >= 15 is 0 Å². The molecular weight excluding hydrogens is 793 g/mol. The lowest BCUT2D eigenvalue weighted by molar-refractivity contribution is 0.752. The van der Waals surface area contributed by atoms with Gasteiger partial charge in [-0.05, 0) is 93.0 Å². The topological polar surface area (TPSA) is 6.48 Å². The van der Waals surface area contributed by atoms with E-state index in [1.54, 1.807) is 0 Å². The number of hydrogen-bond donors (Lipinski definition) is 0. The van der Waals surface area contributed by atoms with Crippen molar-refractivity contribution in [2.24, 2.45) is 0 Å². The molecular formula is C61H40N2S. The maximum Gasteiger partial charge on any atom is 0.0755 e. The minimum absolute atomic E-state index is 0.588. The van der Waals surface area contributed by atoms with Crippen molar-refractivity contribution in [3.05, 3.63) is 265 Å². The summed E-state index contributed by atoms with van der Waals surface area (Å²) in [6.45, 7) is 0. The molecule has 10 aromatic carbocycles. The van der Waals surface area contributed by atoms with Gasteiger partial charge in [-0.2, -0.15) is 0 Å². The fourth-order valence-electron chi connectivity index (χ4n) is 11.0. The van der Waals surface area contributed by atoms with Crippen LogP contribution in [0, 0.1) is 0 Å². The zero-order valence-electron chi connectivity index (χ0n) is 34.9. The minimum atomic E-state index is -0.588. The van der Waals surface area contributed by atoms with Crippen molar-refractivity contribution in [2.45, 2.75) is 5.41 Å². The maximum atomic E-state index is 2.58. The molecule has 2 heterocycles. The second-order valence-corrected chi connectivity index (χ2v) is 17.8. The molecule has 2 aliphatic rings. The zero-order valence-corrected chi connectivity index (χ0v) is 35.7. The summed E-state index contributed by atoms with van der Waals surface area (Å²) in [5, 5.41) is 2.55. The Kier molecular flexibility index (Phi) is 8.34. The highest BCUT2D eigenvalue weighted by molar-refractivity contribution is 7.26. The Hall–Kier alpha value is -7.98. The van der Waals surface area contributed by atoms with Crippen LogP contribution in [0.2, 0.25) is 0 Å². The summed E-state index contributed by atoms with van der Waals surface area (Å²) < 4.78 is 2.55. The molecule has 0 saturated heterocycles. The lowest BCUT2D eigenvalue weighted by Crippen LogP contribution is -2.36. The number of hydrogen-bond acceptors (Lipinski definition) is 3. The molecule has 2 nitrogen and oxygen atoms in total. The Balaban J connectivity index is 1.14. The molecule has 300 valence electrons. The molecule has 3 heteroatoms. The van der Waals surface area contributed by atoms with Gasteiger partial charge in [0.05, 0.1) is 38.6 Å². The maximum absolute atomic E-state index is 2.58. The van der Waals surface area contributed by atoms with Gasteiger partial charge in [0.1, 0.15) is 0 Å². The Morgan fingerprint density at radius 2 is 0.859 bits per heavy atom. The Morgan fingerprint density at radius 1 is 0.344 bits per heavy atom. The zero-order chi connectivity index (χ0) is 42.2. The van der Waals surface area contributed by atoms with Crippen LogP contribution in [-0.2, 0) is 5.41 Å². The van der Waals surface area contributed by atoms with Gasteiger partial charge in [-0.15, -0.1) is 11.3 Å². The van der Waals surface area contributed by atoms with E-state index in [1.807, 2.05) is 11.3 Å². The normalized spacial score (nSPS) is 13.1. The van der Waals surface area contributed by atoms with Crippen molar-refractivity contribution in [2.75, 3.05) is 9.80 Å². The first-order valence-electron chi connectivity index (χ1n) is 22.0. The quantitative estimate of drug-likeness (QED) is 0.165. The Morgan fingerprint density at radius 3 is 1.62 bits per heavy atom. The molecule has 11 aromatic rings. The van der Waals surface area contributed by atoms with Crippen LogP contribution >= 0.6 is 11.3 Å². The lowest BCUT2D eigenvalue weighted by atomic mass is 9.64. The van der Waals surface area contributed by atoms with E-state index in [1.165, 1.54) is 87.2 Å². The standard InChI is InChI=1S/C61H40N2S/c1-3-21-41(22-4-1)43-25-7-8-26-44(43)45-27-10-15-35-53(45)63(57-39-19-30-47-46-28-11-18-40-58(46)64-60(47)57)56-38-20-34-52-59(56)48-29-9-12-31-49(48)61(52)50-32-13-16-36-54(50)62(42-23-5-2-6-24-42)55-37-17-14-33-51(55)61/h1-40H. The average Bonchev–Trinajstić information content (AvgIpc) is 3.90. The van der Waals surface area contributed by atoms with E-state index in [4.69, 9.17) is 0 Å². The molecule has 0 saturated carbocycles. The van der Waals surface area contributed by atoms with Crippen LogP contribution in [0.3, 0.4) is 0 Å². The number of thiophene rings is 1. The lowest BCUT2D eigenvalue weighted by Gasteiger charge is -2.45. The van der Waals surface area contributed by atoms with E-state index in [2.05, 4.69) is 252 Å². The molecule has 0 atom stereocenters. The molecule has 0 bridgehead atoms. The highest BCUT2D eigenvalue weighted by Crippen LogP contribution is 2.65. The summed E-state index contributed by atoms with van der Waals surface area (Å²) in [6, 6.07) is 89.6. The van der Waals surface area contributed by atoms with E-state index in [-0.39, 0.29) is 0 Å². The molecule has 1 aliphatic carbocycles. The van der Waals surface area contributed by atoms with Gasteiger partial charge in [0.15, 0.2) is 0 Å². The number of rotatable bonds is 6. The van der Waals surface area contributed by atoms with Gasteiger partial charge in [-0.1, -0.05) is 194 Å². The predicted octanol–water partition coefficient (Wildman–Crippen LogP) is 17.0. The fraction of sp³-hybridized carbons (Fsp3) is 0.0164. The minimum Gasteiger partial charge on any atom is -0.310 e. The first-order chi connectivity index (χ1) is 31.8. The summed E-state index contributed by atoms with van der Waals surface area (Å²) in [5.74, 6) is 0. The van der Waals surface area contributed by atoms with Crippen LogP contribution in [0.15, 0.2) is 243 Å². The molecule has 1 aromatic heterocycles. The number of benzene rings is 10. The van der Waals surface area contributed by atoms with Gasteiger partial charge in [0, 0.05) is 32.3 Å². The van der Waals surface area contributed by atoms with Crippen LogP contribution in [0.4, 0.5) is 34.1 Å². The number of fused-ring (bicyclic) bond motifs is 12. The number of anilines is 6. The SMILES string of the molecule is c1ccc(-c2ccccc2-c2ccccc2N(c2cccc3c2-c2ccccc2C32c3ccccc3N(c3ccccc3)c3ccccc32)c2cccc3c2sc2ccccc23)cc1. The van der Waals surface area contributed by atoms with Crippen molar-refractivity contribution in [1.29, 1.82) is 0 Å².